The Kier molecular flexibility index (Phi) is 4.42. The number of carbonyl (C=O) groups excluding carboxylic acids is 2. The van der Waals surface area contributed by atoms with Crippen molar-refractivity contribution in [3.63, 3.8) is 0 Å². The van der Waals surface area contributed by atoms with Crippen LogP contribution in [0.25, 0.3) is 0 Å². The fourth-order valence-electron chi connectivity index (χ4n) is 0.926. The van der Waals surface area contributed by atoms with Crippen molar-refractivity contribution in [2.75, 3.05) is 20.6 Å². The van der Waals surface area contributed by atoms with Gasteiger partial charge in [0, 0.05) is 20.3 Å². The van der Waals surface area contributed by atoms with Crippen molar-refractivity contribution in [3.8, 4) is 0 Å². The zero-order chi connectivity index (χ0) is 12.1. The Labute approximate surface area is 102 Å². The van der Waals surface area contributed by atoms with Crippen LogP contribution in [0.5, 0.6) is 0 Å². The average Bonchev–Trinajstić information content (AvgIpc) is 2.26. The van der Waals surface area contributed by atoms with E-state index in [1.165, 1.54) is 11.1 Å². The van der Waals surface area contributed by atoms with Gasteiger partial charge in [-0.2, -0.15) is 0 Å². The van der Waals surface area contributed by atoms with E-state index in [0.717, 1.165) is 0 Å². The van der Waals surface area contributed by atoms with E-state index in [0.29, 0.717) is 10.2 Å². The zero-order valence-electron chi connectivity index (χ0n) is 9.03. The van der Waals surface area contributed by atoms with Gasteiger partial charge in [-0.1, -0.05) is 0 Å². The zero-order valence-corrected chi connectivity index (χ0v) is 10.6. The minimum absolute atomic E-state index is 0.0120. The van der Waals surface area contributed by atoms with E-state index in [1.54, 1.807) is 26.2 Å². The molecule has 0 aliphatic carbocycles. The lowest BCUT2D eigenvalue weighted by Gasteiger charge is -2.10. The van der Waals surface area contributed by atoms with Gasteiger partial charge in [0.2, 0.25) is 5.91 Å². The number of aromatic nitrogens is 1. The Bertz CT molecular complexity index is 390. The predicted octanol–water partition coefficient (Wildman–Crippen LogP) is 0.662. The van der Waals surface area contributed by atoms with Gasteiger partial charge in [-0.15, -0.1) is 0 Å². The third-order valence-corrected chi connectivity index (χ3v) is 2.36. The first-order chi connectivity index (χ1) is 7.50. The summed E-state index contributed by atoms with van der Waals surface area (Å²) in [5.41, 5.74) is 0.426. The van der Waals surface area contributed by atoms with Crippen LogP contribution in [0.4, 0.5) is 0 Å². The molecule has 1 aromatic heterocycles. The lowest BCUT2D eigenvalue weighted by atomic mass is 10.3. The lowest BCUT2D eigenvalue weighted by molar-refractivity contribution is -0.127. The minimum atomic E-state index is -0.310. The van der Waals surface area contributed by atoms with Gasteiger partial charge < -0.3 is 10.2 Å². The number of pyridine rings is 1. The summed E-state index contributed by atoms with van der Waals surface area (Å²) in [5.74, 6) is -0.464. The highest BCUT2D eigenvalue weighted by molar-refractivity contribution is 9.10. The SMILES string of the molecule is CN(C)C(=O)CNC(=O)c1ccc(Br)nc1. The first-order valence-corrected chi connectivity index (χ1v) is 5.40. The fraction of sp³-hybridized carbons (Fsp3) is 0.300. The Hall–Kier alpha value is -1.43. The topological polar surface area (TPSA) is 62.3 Å². The molecule has 0 saturated carbocycles. The first-order valence-electron chi connectivity index (χ1n) is 4.60. The Morgan fingerprint density at radius 3 is 2.62 bits per heavy atom. The van der Waals surface area contributed by atoms with Gasteiger partial charge in [0.15, 0.2) is 0 Å². The summed E-state index contributed by atoms with van der Waals surface area (Å²) >= 11 is 3.17. The molecule has 0 bridgehead atoms. The van der Waals surface area contributed by atoms with E-state index in [1.807, 2.05) is 0 Å². The highest BCUT2D eigenvalue weighted by Gasteiger charge is 2.09. The van der Waals surface area contributed by atoms with Crippen molar-refractivity contribution >= 4 is 27.7 Å². The van der Waals surface area contributed by atoms with Crippen molar-refractivity contribution in [1.82, 2.24) is 15.2 Å². The van der Waals surface area contributed by atoms with Crippen molar-refractivity contribution in [1.29, 1.82) is 0 Å². The standard InChI is InChI=1S/C10H12BrN3O2/c1-14(2)9(15)6-13-10(16)7-3-4-8(11)12-5-7/h3-5H,6H2,1-2H3,(H,13,16). The van der Waals surface area contributed by atoms with Crippen LogP contribution in [0.3, 0.4) is 0 Å². The van der Waals surface area contributed by atoms with Crippen LogP contribution in [0.15, 0.2) is 22.9 Å². The molecule has 1 heterocycles. The molecule has 0 aromatic carbocycles. The summed E-state index contributed by atoms with van der Waals surface area (Å²) in [6, 6.07) is 3.30. The average molecular weight is 286 g/mol. The largest absolute Gasteiger partial charge is 0.347 e. The number of hydrogen-bond donors (Lipinski definition) is 1. The fourth-order valence-corrected chi connectivity index (χ4v) is 1.16. The summed E-state index contributed by atoms with van der Waals surface area (Å²) < 4.78 is 0.661. The smallest absolute Gasteiger partial charge is 0.253 e. The molecular formula is C10H12BrN3O2. The molecule has 0 saturated heterocycles. The second-order valence-electron chi connectivity index (χ2n) is 3.34. The Morgan fingerprint density at radius 2 is 2.12 bits per heavy atom. The van der Waals surface area contributed by atoms with Crippen LogP contribution < -0.4 is 5.32 Å². The van der Waals surface area contributed by atoms with Gasteiger partial charge in [-0.05, 0) is 28.1 Å². The number of likely N-dealkylation sites (N-methyl/N-ethyl adjacent to an activating group) is 1. The first kappa shape index (κ1) is 12.6. The quantitative estimate of drug-likeness (QED) is 0.830. The molecule has 0 aliphatic heterocycles. The van der Waals surface area contributed by atoms with E-state index >= 15 is 0 Å². The maximum atomic E-state index is 11.5. The number of nitrogens with zero attached hydrogens (tertiary/aromatic N) is 2. The maximum Gasteiger partial charge on any atom is 0.253 e. The van der Waals surface area contributed by atoms with E-state index in [4.69, 9.17) is 0 Å². The minimum Gasteiger partial charge on any atom is -0.347 e. The number of rotatable bonds is 3. The van der Waals surface area contributed by atoms with E-state index in [-0.39, 0.29) is 18.4 Å². The Balaban J connectivity index is 2.53. The molecule has 1 N–H and O–H groups in total. The molecule has 2 amide bonds. The van der Waals surface area contributed by atoms with Crippen LogP contribution in [0.2, 0.25) is 0 Å². The van der Waals surface area contributed by atoms with Crippen molar-refractivity contribution in [2.24, 2.45) is 0 Å². The molecule has 6 heteroatoms. The van der Waals surface area contributed by atoms with Crippen LogP contribution in [0, 0.1) is 0 Å². The van der Waals surface area contributed by atoms with Gasteiger partial charge in [0.25, 0.3) is 5.91 Å². The number of nitrogens with one attached hydrogen (secondary N) is 1. The second-order valence-corrected chi connectivity index (χ2v) is 4.15. The third kappa shape index (κ3) is 3.62. The highest BCUT2D eigenvalue weighted by Crippen LogP contribution is 2.05. The van der Waals surface area contributed by atoms with Crippen molar-refractivity contribution in [3.05, 3.63) is 28.5 Å². The van der Waals surface area contributed by atoms with Gasteiger partial charge in [0.1, 0.15) is 4.60 Å². The molecule has 1 rings (SSSR count). The molecule has 0 atom stereocenters. The predicted molar refractivity (Wildman–Crippen MR) is 63.0 cm³/mol. The number of hydrogen-bond acceptors (Lipinski definition) is 3. The summed E-state index contributed by atoms with van der Waals surface area (Å²) in [6.45, 7) is -0.0120. The molecule has 5 nitrogen and oxygen atoms in total. The molecule has 86 valence electrons. The monoisotopic (exact) mass is 285 g/mol. The summed E-state index contributed by atoms with van der Waals surface area (Å²) in [7, 11) is 3.27. The van der Waals surface area contributed by atoms with Gasteiger partial charge in [0.05, 0.1) is 12.1 Å². The molecule has 1 aromatic rings. The number of carbonyl (C=O) groups is 2. The van der Waals surface area contributed by atoms with Crippen molar-refractivity contribution in [2.45, 2.75) is 0 Å². The number of halogens is 1. The molecule has 0 spiro atoms. The van der Waals surface area contributed by atoms with Gasteiger partial charge in [-0.3, -0.25) is 9.59 Å². The number of amides is 2. The Morgan fingerprint density at radius 1 is 1.44 bits per heavy atom. The van der Waals surface area contributed by atoms with E-state index in [2.05, 4.69) is 26.2 Å². The highest BCUT2D eigenvalue weighted by atomic mass is 79.9. The third-order valence-electron chi connectivity index (χ3n) is 1.89. The summed E-state index contributed by atoms with van der Waals surface area (Å²) in [4.78, 5) is 28.1. The normalized spacial score (nSPS) is 9.69. The molecule has 0 unspecified atom stereocenters. The molecule has 0 aliphatic rings. The molecule has 0 fully saturated rings. The van der Waals surface area contributed by atoms with Gasteiger partial charge in [-0.25, -0.2) is 4.98 Å². The van der Waals surface area contributed by atoms with Crippen LogP contribution >= 0.6 is 15.9 Å². The second kappa shape index (κ2) is 5.60. The van der Waals surface area contributed by atoms with Crippen LogP contribution in [0.1, 0.15) is 10.4 Å². The maximum absolute atomic E-state index is 11.5. The summed E-state index contributed by atoms with van der Waals surface area (Å²) in [5, 5.41) is 2.51. The molecular weight excluding hydrogens is 274 g/mol. The lowest BCUT2D eigenvalue weighted by Crippen LogP contribution is -2.36. The van der Waals surface area contributed by atoms with E-state index in [9.17, 15) is 9.59 Å². The van der Waals surface area contributed by atoms with Crippen molar-refractivity contribution < 1.29 is 9.59 Å². The van der Waals surface area contributed by atoms with Gasteiger partial charge >= 0.3 is 0 Å². The summed E-state index contributed by atoms with van der Waals surface area (Å²) in [6.07, 6.45) is 1.44. The van der Waals surface area contributed by atoms with E-state index < -0.39 is 0 Å². The van der Waals surface area contributed by atoms with Crippen LogP contribution in [-0.2, 0) is 4.79 Å². The molecule has 16 heavy (non-hydrogen) atoms. The van der Waals surface area contributed by atoms with Crippen LogP contribution in [-0.4, -0.2) is 42.3 Å². The molecule has 0 radical (unpaired) electrons.